The molecular weight excluding hydrogens is 286 g/mol. The molecule has 1 heterocycles. The maximum Gasteiger partial charge on any atom is 0.237 e. The third kappa shape index (κ3) is 4.75. The first-order chi connectivity index (χ1) is 10.2. The molecule has 1 aliphatic heterocycles. The van der Waals surface area contributed by atoms with Crippen molar-refractivity contribution in [2.24, 2.45) is 11.8 Å². The van der Waals surface area contributed by atoms with Crippen LogP contribution in [0.25, 0.3) is 0 Å². The Morgan fingerprint density at radius 2 is 1.90 bits per heavy atom. The molecule has 1 aromatic carbocycles. The molecule has 0 spiro atoms. The molecule has 6 heteroatoms. The van der Waals surface area contributed by atoms with Gasteiger partial charge in [0.2, 0.25) is 11.8 Å². The van der Waals surface area contributed by atoms with Crippen LogP contribution in [0.2, 0.25) is 0 Å². The van der Waals surface area contributed by atoms with Gasteiger partial charge < -0.3 is 4.90 Å². The fourth-order valence-electron chi connectivity index (χ4n) is 2.43. The zero-order valence-corrected chi connectivity index (χ0v) is 12.8. The lowest BCUT2D eigenvalue weighted by Crippen LogP contribution is -2.45. The van der Waals surface area contributed by atoms with E-state index in [4.69, 9.17) is 5.84 Å². The maximum atomic E-state index is 12.1. The van der Waals surface area contributed by atoms with Crippen molar-refractivity contribution in [1.82, 2.24) is 10.3 Å². The number of nitrogens with two attached hydrogens (primary N) is 1. The normalized spacial score (nSPS) is 15.8. The van der Waals surface area contributed by atoms with E-state index in [9.17, 15) is 9.59 Å². The summed E-state index contributed by atoms with van der Waals surface area (Å²) < 4.78 is 0. The number of amides is 2. The zero-order chi connectivity index (χ0) is 15.1. The summed E-state index contributed by atoms with van der Waals surface area (Å²) in [7, 11) is 0. The van der Waals surface area contributed by atoms with E-state index in [0.29, 0.717) is 31.7 Å². The molecule has 0 radical (unpaired) electrons. The average molecular weight is 307 g/mol. The van der Waals surface area contributed by atoms with Gasteiger partial charge in [0.1, 0.15) is 0 Å². The van der Waals surface area contributed by atoms with Crippen molar-refractivity contribution in [2.75, 3.05) is 18.8 Å². The molecule has 21 heavy (non-hydrogen) atoms. The van der Waals surface area contributed by atoms with Crippen LogP contribution in [0, 0.1) is 5.92 Å². The van der Waals surface area contributed by atoms with Gasteiger partial charge in [0.05, 0.1) is 5.75 Å². The number of thioether (sulfide) groups is 1. The summed E-state index contributed by atoms with van der Waals surface area (Å²) in [4.78, 5) is 25.4. The second kappa shape index (κ2) is 8.05. The minimum atomic E-state index is -0.124. The Balaban J connectivity index is 1.69. The predicted octanol–water partition coefficient (Wildman–Crippen LogP) is 1.15. The largest absolute Gasteiger partial charge is 0.342 e. The van der Waals surface area contributed by atoms with Crippen molar-refractivity contribution >= 4 is 23.6 Å². The van der Waals surface area contributed by atoms with Gasteiger partial charge in [0, 0.05) is 24.8 Å². The molecule has 1 aromatic rings. The van der Waals surface area contributed by atoms with Crippen LogP contribution in [-0.4, -0.2) is 35.6 Å². The average Bonchev–Trinajstić information content (AvgIpc) is 2.55. The van der Waals surface area contributed by atoms with E-state index in [1.807, 2.05) is 23.1 Å². The summed E-state index contributed by atoms with van der Waals surface area (Å²) in [6.45, 7) is 1.28. The lowest BCUT2D eigenvalue weighted by molar-refractivity contribution is -0.133. The fourth-order valence-corrected chi connectivity index (χ4v) is 3.32. The number of piperidine rings is 1. The topological polar surface area (TPSA) is 75.4 Å². The molecule has 1 fully saturated rings. The van der Waals surface area contributed by atoms with Gasteiger partial charge in [0.15, 0.2) is 0 Å². The molecule has 114 valence electrons. The van der Waals surface area contributed by atoms with E-state index in [1.165, 1.54) is 5.56 Å². The van der Waals surface area contributed by atoms with Gasteiger partial charge in [-0.25, -0.2) is 5.84 Å². The smallest absolute Gasteiger partial charge is 0.237 e. The second-order valence-electron chi connectivity index (χ2n) is 5.14. The standard InChI is InChI=1S/C15H21N3O2S/c16-17-15(20)13-6-8-18(9-7-13)14(19)11-21-10-12-4-2-1-3-5-12/h1-5,13H,6-11,16H2,(H,17,20). The Kier molecular flexibility index (Phi) is 6.07. The first kappa shape index (κ1) is 15.9. The summed E-state index contributed by atoms with van der Waals surface area (Å²) >= 11 is 1.63. The number of hydrogen-bond donors (Lipinski definition) is 2. The second-order valence-corrected chi connectivity index (χ2v) is 6.13. The van der Waals surface area contributed by atoms with E-state index in [1.54, 1.807) is 11.8 Å². The molecule has 1 aliphatic rings. The van der Waals surface area contributed by atoms with Crippen molar-refractivity contribution in [3.8, 4) is 0 Å². The van der Waals surface area contributed by atoms with Crippen LogP contribution < -0.4 is 11.3 Å². The molecule has 2 rings (SSSR count). The molecule has 0 aliphatic carbocycles. The van der Waals surface area contributed by atoms with Crippen LogP contribution in [0.3, 0.4) is 0 Å². The van der Waals surface area contributed by atoms with E-state index in [-0.39, 0.29) is 17.7 Å². The van der Waals surface area contributed by atoms with Gasteiger partial charge in [0.25, 0.3) is 0 Å². The molecule has 5 nitrogen and oxygen atoms in total. The van der Waals surface area contributed by atoms with Crippen molar-refractivity contribution in [2.45, 2.75) is 18.6 Å². The number of benzene rings is 1. The molecule has 0 unspecified atom stereocenters. The van der Waals surface area contributed by atoms with Crippen LogP contribution in [0.15, 0.2) is 30.3 Å². The molecule has 0 atom stereocenters. The third-order valence-electron chi connectivity index (χ3n) is 3.70. The van der Waals surface area contributed by atoms with Gasteiger partial charge in [-0.3, -0.25) is 15.0 Å². The highest BCUT2D eigenvalue weighted by molar-refractivity contribution is 7.99. The number of nitrogens with zero attached hydrogens (tertiary/aromatic N) is 1. The number of nitrogens with one attached hydrogen (secondary N) is 1. The first-order valence-corrected chi connectivity index (χ1v) is 8.26. The van der Waals surface area contributed by atoms with Crippen molar-refractivity contribution < 1.29 is 9.59 Å². The number of hydrazine groups is 1. The quantitative estimate of drug-likeness (QED) is 0.486. The number of rotatable bonds is 5. The van der Waals surface area contributed by atoms with Gasteiger partial charge >= 0.3 is 0 Å². The maximum absolute atomic E-state index is 12.1. The Morgan fingerprint density at radius 1 is 1.24 bits per heavy atom. The Morgan fingerprint density at radius 3 is 2.52 bits per heavy atom. The Hall–Kier alpha value is -1.53. The summed E-state index contributed by atoms with van der Waals surface area (Å²) in [5.74, 6) is 6.44. The Labute approximate surface area is 129 Å². The van der Waals surface area contributed by atoms with E-state index < -0.39 is 0 Å². The molecule has 0 bridgehead atoms. The molecule has 0 saturated carbocycles. The highest BCUT2D eigenvalue weighted by Crippen LogP contribution is 2.19. The van der Waals surface area contributed by atoms with Crippen LogP contribution in [-0.2, 0) is 15.3 Å². The van der Waals surface area contributed by atoms with E-state index in [2.05, 4.69) is 17.6 Å². The fraction of sp³-hybridized carbons (Fsp3) is 0.467. The number of likely N-dealkylation sites (tertiary alicyclic amines) is 1. The molecule has 0 aromatic heterocycles. The lowest BCUT2D eigenvalue weighted by atomic mass is 9.96. The summed E-state index contributed by atoms with van der Waals surface area (Å²) in [5.41, 5.74) is 3.41. The predicted molar refractivity (Wildman–Crippen MR) is 84.2 cm³/mol. The molecule has 3 N–H and O–H groups in total. The van der Waals surface area contributed by atoms with Crippen molar-refractivity contribution in [3.63, 3.8) is 0 Å². The minimum Gasteiger partial charge on any atom is -0.342 e. The first-order valence-electron chi connectivity index (χ1n) is 7.10. The van der Waals surface area contributed by atoms with Crippen molar-refractivity contribution in [3.05, 3.63) is 35.9 Å². The molecule has 1 saturated heterocycles. The summed E-state index contributed by atoms with van der Waals surface area (Å²) in [5, 5.41) is 0. The summed E-state index contributed by atoms with van der Waals surface area (Å²) in [6, 6.07) is 10.1. The monoisotopic (exact) mass is 307 g/mol. The molecule has 2 amide bonds. The number of carbonyl (C=O) groups is 2. The number of hydrogen-bond acceptors (Lipinski definition) is 4. The van der Waals surface area contributed by atoms with E-state index >= 15 is 0 Å². The van der Waals surface area contributed by atoms with Crippen molar-refractivity contribution in [1.29, 1.82) is 0 Å². The zero-order valence-electron chi connectivity index (χ0n) is 12.0. The van der Waals surface area contributed by atoms with Crippen LogP contribution in [0.5, 0.6) is 0 Å². The highest BCUT2D eigenvalue weighted by Gasteiger charge is 2.26. The lowest BCUT2D eigenvalue weighted by Gasteiger charge is -2.31. The summed E-state index contributed by atoms with van der Waals surface area (Å²) in [6.07, 6.45) is 1.39. The molecular formula is C15H21N3O2S. The van der Waals surface area contributed by atoms with Gasteiger partial charge in [-0.05, 0) is 18.4 Å². The number of carbonyl (C=O) groups excluding carboxylic acids is 2. The third-order valence-corrected chi connectivity index (χ3v) is 4.69. The SMILES string of the molecule is NNC(=O)C1CCN(C(=O)CSCc2ccccc2)CC1. The van der Waals surface area contributed by atoms with Crippen LogP contribution >= 0.6 is 11.8 Å². The highest BCUT2D eigenvalue weighted by atomic mass is 32.2. The minimum absolute atomic E-state index is 0.0592. The van der Waals surface area contributed by atoms with Crippen LogP contribution in [0.1, 0.15) is 18.4 Å². The van der Waals surface area contributed by atoms with Gasteiger partial charge in [-0.2, -0.15) is 0 Å². The van der Waals surface area contributed by atoms with E-state index in [0.717, 1.165) is 5.75 Å². The van der Waals surface area contributed by atoms with Crippen LogP contribution in [0.4, 0.5) is 0 Å². The Bertz CT molecular complexity index is 473. The van der Waals surface area contributed by atoms with Gasteiger partial charge in [-0.1, -0.05) is 30.3 Å². The van der Waals surface area contributed by atoms with Gasteiger partial charge in [-0.15, -0.1) is 11.8 Å².